The van der Waals surface area contributed by atoms with Crippen molar-refractivity contribution < 1.29 is 14.3 Å². The van der Waals surface area contributed by atoms with E-state index in [9.17, 15) is 9.59 Å². The molecule has 1 aromatic heterocycles. The summed E-state index contributed by atoms with van der Waals surface area (Å²) in [6.07, 6.45) is 3.84. The summed E-state index contributed by atoms with van der Waals surface area (Å²) in [4.78, 5) is 33.1. The number of anilines is 1. The third-order valence-corrected chi connectivity index (χ3v) is 5.02. The van der Waals surface area contributed by atoms with Gasteiger partial charge < -0.3 is 14.5 Å². The molecule has 0 N–H and O–H groups in total. The number of ether oxygens (including phenoxy) is 1. The van der Waals surface area contributed by atoms with Crippen molar-refractivity contribution in [2.75, 3.05) is 31.1 Å². The predicted octanol–water partition coefficient (Wildman–Crippen LogP) is 2.03. The molecule has 0 aliphatic carbocycles. The van der Waals surface area contributed by atoms with Crippen molar-refractivity contribution in [2.45, 2.75) is 12.5 Å². The van der Waals surface area contributed by atoms with E-state index in [4.69, 9.17) is 4.74 Å². The molecule has 2 saturated heterocycles. The van der Waals surface area contributed by atoms with Gasteiger partial charge in [0.05, 0.1) is 12.0 Å². The van der Waals surface area contributed by atoms with Crippen LogP contribution < -0.4 is 4.90 Å². The molecule has 0 radical (unpaired) electrons. The van der Waals surface area contributed by atoms with E-state index in [1.54, 1.807) is 22.2 Å². The number of hydrogen-bond acceptors (Lipinski definition) is 4. The van der Waals surface area contributed by atoms with Crippen LogP contribution in [0.5, 0.6) is 0 Å². The standard InChI is InChI=1S/C20H21N3O3/c24-18-14-22(10-11-23(18)16-6-2-1-3-7-16)20(25)17-8-12-26-19(17)15-5-4-9-21-13-15/h1-7,9,13,17,19H,8,10-12,14H2/t17-,19+/m0/s1. The van der Waals surface area contributed by atoms with Crippen molar-refractivity contribution in [3.63, 3.8) is 0 Å². The number of benzene rings is 1. The van der Waals surface area contributed by atoms with Crippen LogP contribution in [0.4, 0.5) is 5.69 Å². The van der Waals surface area contributed by atoms with Crippen LogP contribution in [-0.4, -0.2) is 47.9 Å². The van der Waals surface area contributed by atoms with Crippen LogP contribution in [0.1, 0.15) is 18.1 Å². The fraction of sp³-hybridized carbons (Fsp3) is 0.350. The van der Waals surface area contributed by atoms with Gasteiger partial charge in [0, 0.05) is 37.8 Å². The maximum absolute atomic E-state index is 13.0. The normalized spacial score (nSPS) is 23.3. The molecular weight excluding hydrogens is 330 g/mol. The number of carbonyl (C=O) groups is 2. The number of pyridine rings is 1. The van der Waals surface area contributed by atoms with Crippen molar-refractivity contribution in [2.24, 2.45) is 5.92 Å². The summed E-state index contributed by atoms with van der Waals surface area (Å²) in [5, 5.41) is 0. The third kappa shape index (κ3) is 3.20. The van der Waals surface area contributed by atoms with Crippen LogP contribution in [0.3, 0.4) is 0 Å². The van der Waals surface area contributed by atoms with Crippen LogP contribution >= 0.6 is 0 Å². The van der Waals surface area contributed by atoms with Gasteiger partial charge in [0.2, 0.25) is 11.8 Å². The number of rotatable bonds is 3. The molecule has 0 spiro atoms. The molecule has 2 atom stereocenters. The van der Waals surface area contributed by atoms with Gasteiger partial charge in [-0.3, -0.25) is 14.6 Å². The molecule has 3 heterocycles. The number of piperazine rings is 1. The minimum atomic E-state index is -0.279. The van der Waals surface area contributed by atoms with Gasteiger partial charge in [0.1, 0.15) is 6.54 Å². The quantitative estimate of drug-likeness (QED) is 0.849. The van der Waals surface area contributed by atoms with Crippen LogP contribution in [0.15, 0.2) is 54.9 Å². The number of aromatic nitrogens is 1. The Labute approximate surface area is 152 Å². The molecule has 2 aliphatic heterocycles. The molecule has 134 valence electrons. The number of para-hydroxylation sites is 1. The lowest BCUT2D eigenvalue weighted by Crippen LogP contribution is -2.54. The summed E-state index contributed by atoms with van der Waals surface area (Å²) in [5.41, 5.74) is 1.79. The van der Waals surface area contributed by atoms with Gasteiger partial charge in [-0.05, 0) is 30.2 Å². The topological polar surface area (TPSA) is 62.7 Å². The van der Waals surface area contributed by atoms with Gasteiger partial charge in [-0.2, -0.15) is 0 Å². The third-order valence-electron chi connectivity index (χ3n) is 5.02. The summed E-state index contributed by atoms with van der Waals surface area (Å²) in [5.74, 6) is -0.305. The monoisotopic (exact) mass is 351 g/mol. The Bertz CT molecular complexity index is 781. The Kier molecular flexibility index (Phi) is 4.67. The Morgan fingerprint density at radius 3 is 2.69 bits per heavy atom. The minimum Gasteiger partial charge on any atom is -0.373 e. The Morgan fingerprint density at radius 1 is 1.12 bits per heavy atom. The van der Waals surface area contributed by atoms with Gasteiger partial charge in [0.25, 0.3) is 0 Å². The Hall–Kier alpha value is -2.73. The fourth-order valence-electron chi connectivity index (χ4n) is 3.69. The van der Waals surface area contributed by atoms with Gasteiger partial charge in [-0.15, -0.1) is 0 Å². The number of amides is 2. The lowest BCUT2D eigenvalue weighted by atomic mass is 9.94. The average Bonchev–Trinajstić information content (AvgIpc) is 3.18. The molecular formula is C20H21N3O3. The highest BCUT2D eigenvalue weighted by atomic mass is 16.5. The van der Waals surface area contributed by atoms with Crippen molar-refractivity contribution in [1.29, 1.82) is 0 Å². The van der Waals surface area contributed by atoms with Gasteiger partial charge in [0.15, 0.2) is 0 Å². The van der Waals surface area contributed by atoms with Gasteiger partial charge in [-0.1, -0.05) is 24.3 Å². The lowest BCUT2D eigenvalue weighted by Gasteiger charge is -2.36. The molecule has 26 heavy (non-hydrogen) atoms. The zero-order valence-electron chi connectivity index (χ0n) is 14.5. The molecule has 2 aliphatic rings. The van der Waals surface area contributed by atoms with E-state index in [1.165, 1.54) is 0 Å². The first kappa shape index (κ1) is 16.7. The number of carbonyl (C=O) groups excluding carboxylic acids is 2. The zero-order valence-corrected chi connectivity index (χ0v) is 14.5. The van der Waals surface area contributed by atoms with Crippen LogP contribution in [0, 0.1) is 5.92 Å². The summed E-state index contributed by atoms with van der Waals surface area (Å²) >= 11 is 0. The molecule has 2 fully saturated rings. The molecule has 0 unspecified atom stereocenters. The summed E-state index contributed by atoms with van der Waals surface area (Å²) in [7, 11) is 0. The first-order chi connectivity index (χ1) is 12.7. The van der Waals surface area contributed by atoms with Crippen molar-refractivity contribution in [1.82, 2.24) is 9.88 Å². The van der Waals surface area contributed by atoms with Crippen LogP contribution in [0.25, 0.3) is 0 Å². The molecule has 2 amide bonds. The predicted molar refractivity (Wildman–Crippen MR) is 96.4 cm³/mol. The fourth-order valence-corrected chi connectivity index (χ4v) is 3.69. The van der Waals surface area contributed by atoms with E-state index >= 15 is 0 Å². The van der Waals surface area contributed by atoms with E-state index in [-0.39, 0.29) is 30.4 Å². The second-order valence-corrected chi connectivity index (χ2v) is 6.61. The van der Waals surface area contributed by atoms with Crippen LogP contribution in [-0.2, 0) is 14.3 Å². The molecule has 2 aromatic rings. The summed E-state index contributed by atoms with van der Waals surface area (Å²) in [6, 6.07) is 13.4. The molecule has 6 nitrogen and oxygen atoms in total. The SMILES string of the molecule is O=C([C@H]1CCO[C@@H]1c1cccnc1)N1CCN(c2ccccc2)C(=O)C1. The first-order valence-electron chi connectivity index (χ1n) is 8.90. The van der Waals surface area contributed by atoms with E-state index < -0.39 is 0 Å². The van der Waals surface area contributed by atoms with Crippen molar-refractivity contribution >= 4 is 17.5 Å². The van der Waals surface area contributed by atoms with E-state index in [2.05, 4.69) is 4.98 Å². The molecule has 6 heteroatoms. The van der Waals surface area contributed by atoms with E-state index in [1.807, 2.05) is 42.5 Å². The molecule has 0 saturated carbocycles. The highest BCUT2D eigenvalue weighted by Gasteiger charge is 2.39. The molecule has 0 bridgehead atoms. The van der Waals surface area contributed by atoms with Gasteiger partial charge >= 0.3 is 0 Å². The lowest BCUT2D eigenvalue weighted by molar-refractivity contribution is -0.141. The Morgan fingerprint density at radius 2 is 1.96 bits per heavy atom. The molecule has 4 rings (SSSR count). The second kappa shape index (κ2) is 7.25. The maximum atomic E-state index is 13.0. The summed E-state index contributed by atoms with van der Waals surface area (Å²) < 4.78 is 5.80. The van der Waals surface area contributed by atoms with Crippen LogP contribution in [0.2, 0.25) is 0 Å². The largest absolute Gasteiger partial charge is 0.373 e. The first-order valence-corrected chi connectivity index (χ1v) is 8.90. The minimum absolute atomic E-state index is 0.00239. The molecule has 1 aromatic carbocycles. The summed E-state index contributed by atoms with van der Waals surface area (Å²) in [6.45, 7) is 1.72. The Balaban J connectivity index is 1.45. The van der Waals surface area contributed by atoms with Crippen molar-refractivity contribution in [3.8, 4) is 0 Å². The second-order valence-electron chi connectivity index (χ2n) is 6.61. The maximum Gasteiger partial charge on any atom is 0.246 e. The van der Waals surface area contributed by atoms with Crippen molar-refractivity contribution in [3.05, 3.63) is 60.4 Å². The van der Waals surface area contributed by atoms with E-state index in [0.717, 1.165) is 11.3 Å². The van der Waals surface area contributed by atoms with E-state index in [0.29, 0.717) is 26.1 Å². The highest BCUT2D eigenvalue weighted by molar-refractivity contribution is 5.98. The average molecular weight is 351 g/mol. The number of hydrogen-bond donors (Lipinski definition) is 0. The highest BCUT2D eigenvalue weighted by Crippen LogP contribution is 2.35. The number of nitrogens with zero attached hydrogens (tertiary/aromatic N) is 3. The smallest absolute Gasteiger partial charge is 0.246 e. The van der Waals surface area contributed by atoms with Gasteiger partial charge in [-0.25, -0.2) is 0 Å². The zero-order chi connectivity index (χ0) is 17.9.